The van der Waals surface area contributed by atoms with Gasteiger partial charge in [0.15, 0.2) is 0 Å². The minimum atomic E-state index is 0.288. The lowest BCUT2D eigenvalue weighted by atomic mass is 10.2. The van der Waals surface area contributed by atoms with Gasteiger partial charge in [-0.1, -0.05) is 18.3 Å². The van der Waals surface area contributed by atoms with Gasteiger partial charge in [0.25, 0.3) is 0 Å². The Bertz CT molecular complexity index is 531. The number of rotatable bonds is 5. The summed E-state index contributed by atoms with van der Waals surface area (Å²) < 4.78 is 5.58. The number of pyridine rings is 2. The molecule has 2 rings (SSSR count). The minimum absolute atomic E-state index is 0.288. The number of nitrogens with zero attached hydrogens (tertiary/aromatic N) is 2. The number of hydrogen-bond donors (Lipinski definition) is 1. The lowest BCUT2D eigenvalue weighted by Crippen LogP contribution is -2.13. The Morgan fingerprint density at radius 3 is 2.72 bits per heavy atom. The van der Waals surface area contributed by atoms with Crippen molar-refractivity contribution in [1.29, 1.82) is 0 Å². The average molecular weight is 259 g/mol. The predicted molar refractivity (Wildman–Crippen MR) is 73.6 cm³/mol. The van der Waals surface area contributed by atoms with Crippen LogP contribution in [0.2, 0.25) is 0 Å². The zero-order valence-electron chi connectivity index (χ0n) is 9.74. The molecule has 0 amide bonds. The number of nitrogens with two attached hydrogens (primary N) is 1. The van der Waals surface area contributed by atoms with Crippen LogP contribution in [0.1, 0.15) is 11.3 Å². The van der Waals surface area contributed by atoms with Gasteiger partial charge < -0.3 is 10.5 Å². The SMILES string of the molecule is NC(=S)c1cccnc1OCCc1ccccn1. The molecular formula is C13H13N3OS. The van der Waals surface area contributed by atoms with E-state index in [-0.39, 0.29) is 4.99 Å². The number of thiocarbonyl (C=S) groups is 1. The largest absolute Gasteiger partial charge is 0.477 e. The first kappa shape index (κ1) is 12.4. The highest BCUT2D eigenvalue weighted by atomic mass is 32.1. The van der Waals surface area contributed by atoms with Crippen LogP contribution >= 0.6 is 12.2 Å². The van der Waals surface area contributed by atoms with E-state index in [0.29, 0.717) is 24.5 Å². The first-order valence-corrected chi connectivity index (χ1v) is 5.96. The number of ether oxygens (including phenoxy) is 1. The van der Waals surface area contributed by atoms with Crippen LogP contribution in [-0.4, -0.2) is 21.6 Å². The topological polar surface area (TPSA) is 61.0 Å². The molecule has 0 saturated heterocycles. The van der Waals surface area contributed by atoms with Crippen LogP contribution in [0.15, 0.2) is 42.7 Å². The quantitative estimate of drug-likeness (QED) is 0.829. The van der Waals surface area contributed by atoms with Crippen molar-refractivity contribution in [2.24, 2.45) is 5.73 Å². The molecule has 0 atom stereocenters. The number of hydrogen-bond acceptors (Lipinski definition) is 4. The average Bonchev–Trinajstić information content (AvgIpc) is 2.40. The molecule has 5 heteroatoms. The van der Waals surface area contributed by atoms with E-state index in [1.807, 2.05) is 18.2 Å². The molecule has 0 spiro atoms. The van der Waals surface area contributed by atoms with E-state index in [9.17, 15) is 0 Å². The van der Waals surface area contributed by atoms with Crippen molar-refractivity contribution in [3.05, 3.63) is 54.0 Å². The molecule has 2 aromatic rings. The second kappa shape index (κ2) is 6.07. The highest BCUT2D eigenvalue weighted by Crippen LogP contribution is 2.14. The van der Waals surface area contributed by atoms with Gasteiger partial charge in [0.05, 0.1) is 12.2 Å². The fourth-order valence-corrected chi connectivity index (χ4v) is 1.65. The molecule has 18 heavy (non-hydrogen) atoms. The van der Waals surface area contributed by atoms with Gasteiger partial charge in [0.1, 0.15) is 4.99 Å². The molecule has 0 unspecified atom stereocenters. The molecule has 0 aromatic carbocycles. The molecular weight excluding hydrogens is 246 g/mol. The lowest BCUT2D eigenvalue weighted by molar-refractivity contribution is 0.307. The Labute approximate surface area is 111 Å². The van der Waals surface area contributed by atoms with E-state index in [0.717, 1.165) is 5.69 Å². The zero-order chi connectivity index (χ0) is 12.8. The first-order valence-electron chi connectivity index (χ1n) is 5.55. The molecule has 92 valence electrons. The van der Waals surface area contributed by atoms with Gasteiger partial charge in [0, 0.05) is 24.5 Å². The Morgan fingerprint density at radius 2 is 2.00 bits per heavy atom. The van der Waals surface area contributed by atoms with Gasteiger partial charge in [-0.25, -0.2) is 4.98 Å². The molecule has 2 N–H and O–H groups in total. The van der Waals surface area contributed by atoms with E-state index in [2.05, 4.69) is 9.97 Å². The van der Waals surface area contributed by atoms with Crippen molar-refractivity contribution in [2.45, 2.75) is 6.42 Å². The van der Waals surface area contributed by atoms with E-state index in [4.69, 9.17) is 22.7 Å². The van der Waals surface area contributed by atoms with Crippen LogP contribution in [-0.2, 0) is 6.42 Å². The van der Waals surface area contributed by atoms with Gasteiger partial charge in [0.2, 0.25) is 5.88 Å². The molecule has 0 saturated carbocycles. The maximum Gasteiger partial charge on any atom is 0.223 e. The lowest BCUT2D eigenvalue weighted by Gasteiger charge is -2.08. The van der Waals surface area contributed by atoms with E-state index < -0.39 is 0 Å². The minimum Gasteiger partial charge on any atom is -0.477 e. The van der Waals surface area contributed by atoms with E-state index in [1.54, 1.807) is 24.5 Å². The van der Waals surface area contributed by atoms with E-state index in [1.165, 1.54) is 0 Å². The third-order valence-electron chi connectivity index (χ3n) is 2.36. The second-order valence-corrected chi connectivity index (χ2v) is 4.08. The van der Waals surface area contributed by atoms with Crippen LogP contribution < -0.4 is 10.5 Å². The summed E-state index contributed by atoms with van der Waals surface area (Å²) in [5.74, 6) is 0.473. The Kier molecular flexibility index (Phi) is 4.20. The second-order valence-electron chi connectivity index (χ2n) is 3.64. The van der Waals surface area contributed by atoms with Crippen LogP contribution in [0.5, 0.6) is 5.88 Å². The summed E-state index contributed by atoms with van der Waals surface area (Å²) in [7, 11) is 0. The molecule has 2 heterocycles. The zero-order valence-corrected chi connectivity index (χ0v) is 10.6. The van der Waals surface area contributed by atoms with Gasteiger partial charge in [-0.2, -0.15) is 0 Å². The Balaban J connectivity index is 1.97. The van der Waals surface area contributed by atoms with Gasteiger partial charge >= 0.3 is 0 Å². The molecule has 0 aliphatic carbocycles. The smallest absolute Gasteiger partial charge is 0.223 e. The third-order valence-corrected chi connectivity index (χ3v) is 2.58. The van der Waals surface area contributed by atoms with Crippen molar-refractivity contribution in [1.82, 2.24) is 9.97 Å². The molecule has 0 fully saturated rings. The molecule has 0 aliphatic rings. The fourth-order valence-electron chi connectivity index (χ4n) is 1.49. The van der Waals surface area contributed by atoms with Crippen molar-refractivity contribution in [2.75, 3.05) is 6.61 Å². The Morgan fingerprint density at radius 1 is 1.17 bits per heavy atom. The summed E-state index contributed by atoms with van der Waals surface area (Å²) in [6.45, 7) is 0.490. The van der Waals surface area contributed by atoms with Crippen LogP contribution in [0.25, 0.3) is 0 Å². The van der Waals surface area contributed by atoms with Crippen molar-refractivity contribution in [3.63, 3.8) is 0 Å². The summed E-state index contributed by atoms with van der Waals surface area (Å²) in [5, 5.41) is 0. The van der Waals surface area contributed by atoms with Gasteiger partial charge in [-0.15, -0.1) is 0 Å². The molecule has 0 radical (unpaired) electrons. The molecule has 2 aromatic heterocycles. The standard InChI is InChI=1S/C13H13N3OS/c14-12(18)11-5-3-8-16-13(11)17-9-6-10-4-1-2-7-15-10/h1-5,7-8H,6,9H2,(H2,14,18). The highest BCUT2D eigenvalue weighted by Gasteiger charge is 2.06. The summed E-state index contributed by atoms with van der Waals surface area (Å²) >= 11 is 4.94. The maximum absolute atomic E-state index is 5.60. The van der Waals surface area contributed by atoms with Crippen LogP contribution in [0.4, 0.5) is 0 Å². The van der Waals surface area contributed by atoms with Crippen LogP contribution in [0.3, 0.4) is 0 Å². The summed E-state index contributed by atoms with van der Waals surface area (Å²) in [6, 6.07) is 9.36. The maximum atomic E-state index is 5.60. The van der Waals surface area contributed by atoms with Crippen molar-refractivity contribution in [3.8, 4) is 5.88 Å². The van der Waals surface area contributed by atoms with Crippen molar-refractivity contribution >= 4 is 17.2 Å². The normalized spacial score (nSPS) is 10.0. The monoisotopic (exact) mass is 259 g/mol. The third kappa shape index (κ3) is 3.24. The van der Waals surface area contributed by atoms with E-state index >= 15 is 0 Å². The summed E-state index contributed by atoms with van der Waals surface area (Å²) in [5.41, 5.74) is 7.23. The van der Waals surface area contributed by atoms with Crippen molar-refractivity contribution < 1.29 is 4.74 Å². The molecule has 4 nitrogen and oxygen atoms in total. The summed E-state index contributed by atoms with van der Waals surface area (Å²) in [6.07, 6.45) is 4.13. The van der Waals surface area contributed by atoms with Gasteiger partial charge in [-0.3, -0.25) is 4.98 Å². The number of aromatic nitrogens is 2. The van der Waals surface area contributed by atoms with Gasteiger partial charge in [-0.05, 0) is 24.3 Å². The fraction of sp³-hybridized carbons (Fsp3) is 0.154. The van der Waals surface area contributed by atoms with Crippen LogP contribution in [0, 0.1) is 0 Å². The molecule has 0 bridgehead atoms. The predicted octanol–water partition coefficient (Wildman–Crippen LogP) is 1.73. The molecule has 0 aliphatic heterocycles. The summed E-state index contributed by atoms with van der Waals surface area (Å²) in [4.78, 5) is 8.63. The highest BCUT2D eigenvalue weighted by molar-refractivity contribution is 7.80. The Hall–Kier alpha value is -2.01. The first-order chi connectivity index (χ1) is 8.77.